The number of rotatable bonds is 8. The third-order valence-corrected chi connectivity index (χ3v) is 3.30. The number of guanidine groups is 1. The highest BCUT2D eigenvalue weighted by atomic mass is 127. The number of methoxy groups -OCH3 is 1. The number of para-hydroxylation sites is 2. The third-order valence-electron chi connectivity index (χ3n) is 3.30. The van der Waals surface area contributed by atoms with Crippen LogP contribution in [0.2, 0.25) is 0 Å². The molecule has 0 aliphatic heterocycles. The molecular weight excluding hydrogens is 415 g/mol. The topological polar surface area (TPSA) is 71.7 Å². The fourth-order valence-electron chi connectivity index (χ4n) is 2.17. The van der Waals surface area contributed by atoms with E-state index in [-0.39, 0.29) is 24.0 Å². The van der Waals surface area contributed by atoms with Gasteiger partial charge < -0.3 is 21.1 Å². The third kappa shape index (κ3) is 7.18. The minimum absolute atomic E-state index is 0. The monoisotopic (exact) mass is 440 g/mol. The maximum Gasteiger partial charge on any atom is 0.193 e. The maximum atomic E-state index is 5.94. The standard InChI is InChI=1S/C18H24N4O.HI/c1-23-14-15-8-5-6-11-17(15)22-18(19)21-13-7-12-20-16-9-3-2-4-10-16;/h2-6,8-11,20H,7,12-14H2,1H3,(H3,19,21,22);1H. The molecule has 0 spiro atoms. The van der Waals surface area contributed by atoms with E-state index >= 15 is 0 Å². The van der Waals surface area contributed by atoms with Crippen LogP contribution in [0.3, 0.4) is 0 Å². The van der Waals surface area contributed by atoms with Crippen molar-refractivity contribution in [1.82, 2.24) is 0 Å². The Labute approximate surface area is 160 Å². The van der Waals surface area contributed by atoms with Gasteiger partial charge in [0.2, 0.25) is 0 Å². The van der Waals surface area contributed by atoms with Crippen molar-refractivity contribution >= 4 is 41.3 Å². The highest BCUT2D eigenvalue weighted by Gasteiger charge is 2.02. The summed E-state index contributed by atoms with van der Waals surface area (Å²) in [7, 11) is 1.67. The summed E-state index contributed by atoms with van der Waals surface area (Å²) in [5.74, 6) is 0.424. The summed E-state index contributed by atoms with van der Waals surface area (Å²) in [6, 6.07) is 18.0. The second kappa shape index (κ2) is 11.7. The fourth-order valence-corrected chi connectivity index (χ4v) is 2.17. The van der Waals surface area contributed by atoms with Crippen molar-refractivity contribution in [2.75, 3.05) is 30.8 Å². The molecular formula is C18H25IN4O. The average Bonchev–Trinajstić information content (AvgIpc) is 2.57. The van der Waals surface area contributed by atoms with Gasteiger partial charge in [-0.1, -0.05) is 36.4 Å². The van der Waals surface area contributed by atoms with E-state index in [2.05, 4.69) is 15.6 Å². The summed E-state index contributed by atoms with van der Waals surface area (Å²) in [5, 5.41) is 6.48. The van der Waals surface area contributed by atoms with Crippen molar-refractivity contribution in [3.8, 4) is 0 Å². The van der Waals surface area contributed by atoms with Gasteiger partial charge in [0.1, 0.15) is 0 Å². The van der Waals surface area contributed by atoms with Crippen LogP contribution >= 0.6 is 24.0 Å². The van der Waals surface area contributed by atoms with Gasteiger partial charge in [-0.15, -0.1) is 24.0 Å². The van der Waals surface area contributed by atoms with Gasteiger partial charge in [-0.3, -0.25) is 4.99 Å². The largest absolute Gasteiger partial charge is 0.385 e. The number of anilines is 2. The van der Waals surface area contributed by atoms with Crippen LogP contribution in [-0.4, -0.2) is 26.2 Å². The van der Waals surface area contributed by atoms with Gasteiger partial charge in [0, 0.05) is 37.1 Å². The SMILES string of the molecule is COCc1ccccc1NC(N)=NCCCNc1ccccc1.I. The molecule has 24 heavy (non-hydrogen) atoms. The van der Waals surface area contributed by atoms with E-state index in [1.165, 1.54) is 0 Å². The Balaban J connectivity index is 0.00000288. The van der Waals surface area contributed by atoms with E-state index in [0.717, 1.165) is 29.9 Å². The van der Waals surface area contributed by atoms with Crippen molar-refractivity contribution in [2.24, 2.45) is 10.7 Å². The first kappa shape index (κ1) is 20.2. The number of aliphatic imine (C=N–C) groups is 1. The molecule has 0 saturated carbocycles. The number of benzene rings is 2. The van der Waals surface area contributed by atoms with Gasteiger partial charge in [0.05, 0.1) is 6.61 Å². The quantitative estimate of drug-likeness (QED) is 0.254. The van der Waals surface area contributed by atoms with E-state index in [1.54, 1.807) is 7.11 Å². The van der Waals surface area contributed by atoms with Crippen LogP contribution in [0.4, 0.5) is 11.4 Å². The summed E-state index contributed by atoms with van der Waals surface area (Å²) < 4.78 is 5.18. The van der Waals surface area contributed by atoms with Crippen LogP contribution in [0.25, 0.3) is 0 Å². The van der Waals surface area contributed by atoms with Gasteiger partial charge in [-0.25, -0.2) is 0 Å². The molecule has 0 amide bonds. The van der Waals surface area contributed by atoms with Crippen LogP contribution < -0.4 is 16.4 Å². The van der Waals surface area contributed by atoms with Crippen LogP contribution in [-0.2, 0) is 11.3 Å². The Morgan fingerprint density at radius 2 is 1.79 bits per heavy atom. The molecule has 4 N–H and O–H groups in total. The van der Waals surface area contributed by atoms with Gasteiger partial charge in [0.15, 0.2) is 5.96 Å². The van der Waals surface area contributed by atoms with Crippen molar-refractivity contribution in [2.45, 2.75) is 13.0 Å². The lowest BCUT2D eigenvalue weighted by molar-refractivity contribution is 0.185. The first-order valence-corrected chi connectivity index (χ1v) is 7.72. The van der Waals surface area contributed by atoms with E-state index in [4.69, 9.17) is 10.5 Å². The lowest BCUT2D eigenvalue weighted by Gasteiger charge is -2.11. The molecule has 2 aromatic rings. The van der Waals surface area contributed by atoms with Crippen molar-refractivity contribution in [1.29, 1.82) is 0 Å². The number of halogens is 1. The summed E-state index contributed by atoms with van der Waals surface area (Å²) in [6.07, 6.45) is 0.914. The number of hydrogen-bond donors (Lipinski definition) is 3. The lowest BCUT2D eigenvalue weighted by atomic mass is 10.2. The number of nitrogens with zero attached hydrogens (tertiary/aromatic N) is 1. The summed E-state index contributed by atoms with van der Waals surface area (Å²) >= 11 is 0. The minimum Gasteiger partial charge on any atom is -0.385 e. The molecule has 130 valence electrons. The zero-order valence-corrected chi connectivity index (χ0v) is 16.2. The summed E-state index contributed by atoms with van der Waals surface area (Å²) in [6.45, 7) is 2.07. The van der Waals surface area contributed by atoms with E-state index in [9.17, 15) is 0 Å². The van der Waals surface area contributed by atoms with Crippen molar-refractivity contribution < 1.29 is 4.74 Å². The zero-order valence-electron chi connectivity index (χ0n) is 13.9. The summed E-state index contributed by atoms with van der Waals surface area (Å²) in [4.78, 5) is 4.35. The molecule has 0 aromatic heterocycles. The summed E-state index contributed by atoms with van der Waals surface area (Å²) in [5.41, 5.74) is 9.05. The maximum absolute atomic E-state index is 5.94. The predicted molar refractivity (Wildman–Crippen MR) is 112 cm³/mol. The fraction of sp³-hybridized carbons (Fsp3) is 0.278. The lowest BCUT2D eigenvalue weighted by Crippen LogP contribution is -2.23. The zero-order chi connectivity index (χ0) is 16.3. The molecule has 0 heterocycles. The minimum atomic E-state index is 0. The van der Waals surface area contributed by atoms with E-state index in [1.807, 2.05) is 54.6 Å². The van der Waals surface area contributed by atoms with Gasteiger partial charge in [-0.2, -0.15) is 0 Å². The molecule has 5 nitrogen and oxygen atoms in total. The molecule has 0 saturated heterocycles. The first-order chi connectivity index (χ1) is 11.3. The second-order valence-electron chi connectivity index (χ2n) is 5.13. The number of hydrogen-bond acceptors (Lipinski definition) is 3. The Bertz CT molecular complexity index is 619. The van der Waals surface area contributed by atoms with E-state index < -0.39 is 0 Å². The normalized spacial score (nSPS) is 10.8. The molecule has 0 aliphatic rings. The Morgan fingerprint density at radius 1 is 1.08 bits per heavy atom. The van der Waals surface area contributed by atoms with Crippen molar-refractivity contribution in [3.05, 3.63) is 60.2 Å². The van der Waals surface area contributed by atoms with Gasteiger partial charge in [0.25, 0.3) is 0 Å². The van der Waals surface area contributed by atoms with Crippen molar-refractivity contribution in [3.63, 3.8) is 0 Å². The number of nitrogens with one attached hydrogen (secondary N) is 2. The molecule has 2 rings (SSSR count). The molecule has 0 unspecified atom stereocenters. The van der Waals surface area contributed by atoms with Gasteiger partial charge in [-0.05, 0) is 24.6 Å². The second-order valence-corrected chi connectivity index (χ2v) is 5.13. The number of nitrogens with two attached hydrogens (primary N) is 1. The highest BCUT2D eigenvalue weighted by Crippen LogP contribution is 2.15. The van der Waals surface area contributed by atoms with Crippen LogP contribution in [0.5, 0.6) is 0 Å². The molecule has 0 radical (unpaired) electrons. The smallest absolute Gasteiger partial charge is 0.193 e. The van der Waals surface area contributed by atoms with E-state index in [0.29, 0.717) is 19.1 Å². The van der Waals surface area contributed by atoms with Crippen LogP contribution in [0.15, 0.2) is 59.6 Å². The Morgan fingerprint density at radius 3 is 2.54 bits per heavy atom. The molecule has 0 bridgehead atoms. The average molecular weight is 440 g/mol. The van der Waals surface area contributed by atoms with Crippen LogP contribution in [0.1, 0.15) is 12.0 Å². The molecule has 0 atom stereocenters. The van der Waals surface area contributed by atoms with Gasteiger partial charge >= 0.3 is 0 Å². The molecule has 0 fully saturated rings. The Kier molecular flexibility index (Phi) is 9.86. The first-order valence-electron chi connectivity index (χ1n) is 7.72. The molecule has 2 aromatic carbocycles. The number of ether oxygens (including phenoxy) is 1. The molecule has 6 heteroatoms. The molecule has 0 aliphatic carbocycles. The highest BCUT2D eigenvalue weighted by molar-refractivity contribution is 14.0. The predicted octanol–water partition coefficient (Wildman–Crippen LogP) is 3.68. The Hall–Kier alpha value is -1.80. The van der Waals surface area contributed by atoms with Crippen LogP contribution in [0, 0.1) is 0 Å².